The number of rotatable bonds is 0. The second-order valence-electron chi connectivity index (χ2n) is 4.29. The Bertz CT molecular complexity index is 175. The quantitative estimate of drug-likeness (QED) is 0.652. The highest BCUT2D eigenvalue weighted by Gasteiger charge is 2.35. The lowest BCUT2D eigenvalue weighted by molar-refractivity contribution is -0.122. The first-order valence-electron chi connectivity index (χ1n) is 5.03. The van der Waals surface area contributed by atoms with E-state index in [1.807, 2.05) is 0 Å². The SMILES string of the molecule is Cl.O=C1CCC2(CCNCC2)CC1. The van der Waals surface area contributed by atoms with Gasteiger partial charge < -0.3 is 5.32 Å². The Balaban J connectivity index is 0.000000845. The normalized spacial score (nSPS) is 26.9. The van der Waals surface area contributed by atoms with Gasteiger partial charge in [-0.05, 0) is 44.2 Å². The van der Waals surface area contributed by atoms with Crippen LogP contribution in [-0.2, 0) is 4.79 Å². The van der Waals surface area contributed by atoms with Crippen molar-refractivity contribution >= 4 is 18.2 Å². The van der Waals surface area contributed by atoms with Gasteiger partial charge >= 0.3 is 0 Å². The number of hydrogen-bond acceptors (Lipinski definition) is 2. The number of hydrogen-bond donors (Lipinski definition) is 1. The number of halogens is 1. The molecule has 13 heavy (non-hydrogen) atoms. The molecular weight excluding hydrogens is 186 g/mol. The van der Waals surface area contributed by atoms with E-state index >= 15 is 0 Å². The van der Waals surface area contributed by atoms with Crippen molar-refractivity contribution in [3.05, 3.63) is 0 Å². The summed E-state index contributed by atoms with van der Waals surface area (Å²) < 4.78 is 0. The minimum absolute atomic E-state index is 0. The van der Waals surface area contributed by atoms with Crippen molar-refractivity contribution in [3.8, 4) is 0 Å². The molecule has 3 heteroatoms. The molecule has 1 N–H and O–H groups in total. The fraction of sp³-hybridized carbons (Fsp3) is 0.900. The fourth-order valence-corrected chi connectivity index (χ4v) is 2.52. The monoisotopic (exact) mass is 203 g/mol. The largest absolute Gasteiger partial charge is 0.317 e. The topological polar surface area (TPSA) is 29.1 Å². The Kier molecular flexibility index (Phi) is 3.74. The van der Waals surface area contributed by atoms with Crippen LogP contribution in [0, 0.1) is 5.41 Å². The lowest BCUT2D eigenvalue weighted by Crippen LogP contribution is -2.39. The molecule has 0 atom stereocenters. The second-order valence-corrected chi connectivity index (χ2v) is 4.29. The summed E-state index contributed by atoms with van der Waals surface area (Å²) >= 11 is 0. The van der Waals surface area contributed by atoms with Crippen molar-refractivity contribution in [2.45, 2.75) is 38.5 Å². The van der Waals surface area contributed by atoms with Crippen LogP contribution in [0.2, 0.25) is 0 Å². The zero-order chi connectivity index (χ0) is 8.44. The van der Waals surface area contributed by atoms with Crippen molar-refractivity contribution in [2.24, 2.45) is 5.41 Å². The minimum Gasteiger partial charge on any atom is -0.317 e. The minimum atomic E-state index is 0. The van der Waals surface area contributed by atoms with E-state index in [-0.39, 0.29) is 12.4 Å². The highest BCUT2D eigenvalue weighted by molar-refractivity contribution is 5.85. The lowest BCUT2D eigenvalue weighted by Gasteiger charge is -2.40. The zero-order valence-electron chi connectivity index (χ0n) is 7.97. The van der Waals surface area contributed by atoms with E-state index in [9.17, 15) is 4.79 Å². The molecule has 76 valence electrons. The van der Waals surface area contributed by atoms with Crippen LogP contribution in [0.15, 0.2) is 0 Å². The van der Waals surface area contributed by atoms with Gasteiger partial charge in [-0.2, -0.15) is 0 Å². The summed E-state index contributed by atoms with van der Waals surface area (Å²) in [6, 6.07) is 0. The molecular formula is C10H18ClNO. The average molecular weight is 204 g/mol. The van der Waals surface area contributed by atoms with E-state index in [1.165, 1.54) is 12.8 Å². The lowest BCUT2D eigenvalue weighted by atomic mass is 9.68. The van der Waals surface area contributed by atoms with Gasteiger partial charge in [0.15, 0.2) is 0 Å². The molecule has 2 fully saturated rings. The maximum absolute atomic E-state index is 11.1. The first-order valence-corrected chi connectivity index (χ1v) is 5.03. The van der Waals surface area contributed by atoms with Gasteiger partial charge in [-0.3, -0.25) is 4.79 Å². The van der Waals surface area contributed by atoms with Gasteiger partial charge in [0.2, 0.25) is 0 Å². The standard InChI is InChI=1S/C10H17NO.ClH/c12-9-1-3-10(4-2-9)5-7-11-8-6-10;/h11H,1-8H2;1H. The van der Waals surface area contributed by atoms with Gasteiger partial charge in [-0.1, -0.05) is 0 Å². The van der Waals surface area contributed by atoms with Crippen molar-refractivity contribution in [1.29, 1.82) is 0 Å². The molecule has 1 saturated carbocycles. The van der Waals surface area contributed by atoms with Gasteiger partial charge in [-0.25, -0.2) is 0 Å². The van der Waals surface area contributed by atoms with Gasteiger partial charge in [-0.15, -0.1) is 12.4 Å². The van der Waals surface area contributed by atoms with Gasteiger partial charge in [0, 0.05) is 12.8 Å². The molecule has 0 unspecified atom stereocenters. The van der Waals surface area contributed by atoms with Crippen LogP contribution in [0.4, 0.5) is 0 Å². The Morgan fingerprint density at radius 1 is 1.00 bits per heavy atom. The summed E-state index contributed by atoms with van der Waals surface area (Å²) in [5.74, 6) is 0.485. The third kappa shape index (κ3) is 2.44. The molecule has 2 nitrogen and oxygen atoms in total. The van der Waals surface area contributed by atoms with Crippen LogP contribution >= 0.6 is 12.4 Å². The maximum Gasteiger partial charge on any atom is 0.132 e. The first-order chi connectivity index (χ1) is 5.81. The van der Waals surface area contributed by atoms with E-state index in [1.54, 1.807) is 0 Å². The number of Topliss-reactive ketones (excluding diaryl/α,β-unsaturated/α-hetero) is 1. The van der Waals surface area contributed by atoms with Crippen molar-refractivity contribution in [2.75, 3.05) is 13.1 Å². The summed E-state index contributed by atoms with van der Waals surface area (Å²) in [7, 11) is 0. The second kappa shape index (κ2) is 4.43. The smallest absolute Gasteiger partial charge is 0.132 e. The molecule has 0 amide bonds. The van der Waals surface area contributed by atoms with Gasteiger partial charge in [0.1, 0.15) is 5.78 Å². The van der Waals surface area contributed by atoms with E-state index in [4.69, 9.17) is 0 Å². The maximum atomic E-state index is 11.1. The summed E-state index contributed by atoms with van der Waals surface area (Å²) in [6.45, 7) is 2.32. The molecule has 2 rings (SSSR count). The molecule has 1 aliphatic heterocycles. The van der Waals surface area contributed by atoms with Crippen LogP contribution in [-0.4, -0.2) is 18.9 Å². The third-order valence-electron chi connectivity index (χ3n) is 3.53. The first kappa shape index (κ1) is 11.0. The zero-order valence-corrected chi connectivity index (χ0v) is 8.79. The summed E-state index contributed by atoms with van der Waals surface area (Å²) in [4.78, 5) is 11.1. The Morgan fingerprint density at radius 3 is 2.08 bits per heavy atom. The third-order valence-corrected chi connectivity index (χ3v) is 3.53. The van der Waals surface area contributed by atoms with Crippen LogP contribution < -0.4 is 5.32 Å². The number of ketones is 1. The van der Waals surface area contributed by atoms with Crippen LogP contribution in [0.5, 0.6) is 0 Å². The summed E-state index contributed by atoms with van der Waals surface area (Å²) in [6.07, 6.45) is 6.60. The Morgan fingerprint density at radius 2 is 1.54 bits per heavy atom. The predicted octanol–water partition coefficient (Wildman–Crippen LogP) is 1.92. The molecule has 1 aliphatic carbocycles. The van der Waals surface area contributed by atoms with Gasteiger partial charge in [0.05, 0.1) is 0 Å². The number of carbonyl (C=O) groups excluding carboxylic acids is 1. The molecule has 1 saturated heterocycles. The predicted molar refractivity (Wildman–Crippen MR) is 55.3 cm³/mol. The van der Waals surface area contributed by atoms with Crippen LogP contribution in [0.25, 0.3) is 0 Å². The van der Waals surface area contributed by atoms with E-state index in [0.29, 0.717) is 11.2 Å². The molecule has 0 bridgehead atoms. The van der Waals surface area contributed by atoms with Gasteiger partial charge in [0.25, 0.3) is 0 Å². The van der Waals surface area contributed by atoms with Crippen molar-refractivity contribution < 1.29 is 4.79 Å². The van der Waals surface area contributed by atoms with Crippen LogP contribution in [0.1, 0.15) is 38.5 Å². The summed E-state index contributed by atoms with van der Waals surface area (Å²) in [5.41, 5.74) is 0.555. The number of nitrogens with one attached hydrogen (secondary N) is 1. The Hall–Kier alpha value is -0.0800. The van der Waals surface area contributed by atoms with E-state index in [0.717, 1.165) is 38.8 Å². The molecule has 1 spiro atoms. The average Bonchev–Trinajstić information content (AvgIpc) is 2.13. The molecule has 0 radical (unpaired) electrons. The molecule has 0 aromatic carbocycles. The summed E-state index contributed by atoms with van der Waals surface area (Å²) in [5, 5.41) is 3.38. The molecule has 2 aliphatic rings. The highest BCUT2D eigenvalue weighted by atomic mass is 35.5. The molecule has 0 aromatic rings. The van der Waals surface area contributed by atoms with Crippen LogP contribution in [0.3, 0.4) is 0 Å². The molecule has 0 aromatic heterocycles. The van der Waals surface area contributed by atoms with Crippen molar-refractivity contribution in [1.82, 2.24) is 5.32 Å². The fourth-order valence-electron chi connectivity index (χ4n) is 2.52. The molecule has 1 heterocycles. The van der Waals surface area contributed by atoms with E-state index < -0.39 is 0 Å². The Labute approximate surface area is 85.9 Å². The number of carbonyl (C=O) groups is 1. The van der Waals surface area contributed by atoms with E-state index in [2.05, 4.69) is 5.32 Å². The number of piperidine rings is 1. The van der Waals surface area contributed by atoms with Crippen molar-refractivity contribution in [3.63, 3.8) is 0 Å². The highest BCUT2D eigenvalue weighted by Crippen LogP contribution is 2.41.